The number of hydrogen-bond donors (Lipinski definition) is 0. The highest BCUT2D eigenvalue weighted by Crippen LogP contribution is 2.38. The van der Waals surface area contributed by atoms with E-state index in [4.69, 9.17) is 9.97 Å². The highest BCUT2D eigenvalue weighted by Gasteiger charge is 2.20. The number of aromatic nitrogens is 3. The predicted octanol–water partition coefficient (Wildman–Crippen LogP) is 8.10. The second-order valence-electron chi connectivity index (χ2n) is 9.53. The van der Waals surface area contributed by atoms with Gasteiger partial charge in [0.2, 0.25) is 0 Å². The van der Waals surface area contributed by atoms with Crippen molar-refractivity contribution in [3.63, 3.8) is 0 Å². The zero-order valence-corrected chi connectivity index (χ0v) is 19.5. The third-order valence-electron chi connectivity index (χ3n) is 6.78. The molecule has 3 aromatic heterocycles. The minimum Gasteiger partial charge on any atom is -0.283 e. The number of benzene rings is 3. The Kier molecular flexibility index (Phi) is 4.48. The highest BCUT2D eigenvalue weighted by atomic mass is 15.0. The van der Waals surface area contributed by atoms with Gasteiger partial charge in [0.05, 0.1) is 5.69 Å². The van der Waals surface area contributed by atoms with Gasteiger partial charge in [-0.05, 0) is 33.7 Å². The Morgan fingerprint density at radius 3 is 2.00 bits per heavy atom. The van der Waals surface area contributed by atoms with Crippen LogP contribution < -0.4 is 0 Å². The van der Waals surface area contributed by atoms with Gasteiger partial charge in [-0.25, -0.2) is 9.97 Å². The Hall–Kier alpha value is -3.72. The Labute approximate surface area is 193 Å². The summed E-state index contributed by atoms with van der Waals surface area (Å²) >= 11 is 0. The molecule has 0 aliphatic heterocycles. The molecule has 0 unspecified atom stereocenters. The molecule has 0 radical (unpaired) electrons. The summed E-state index contributed by atoms with van der Waals surface area (Å²) in [6.07, 6.45) is 4.17. The van der Waals surface area contributed by atoms with Gasteiger partial charge in [-0.3, -0.25) is 4.40 Å². The Bertz CT molecular complexity index is 1650. The number of imidazole rings is 1. The van der Waals surface area contributed by atoms with Gasteiger partial charge in [-0.15, -0.1) is 0 Å². The number of rotatable bonds is 3. The van der Waals surface area contributed by atoms with Crippen molar-refractivity contribution < 1.29 is 0 Å². The zero-order valence-electron chi connectivity index (χ0n) is 19.5. The molecule has 0 amide bonds. The molecule has 0 bridgehead atoms. The topological polar surface area (TPSA) is 30.2 Å². The predicted molar refractivity (Wildman–Crippen MR) is 139 cm³/mol. The van der Waals surface area contributed by atoms with Crippen LogP contribution in [0.3, 0.4) is 0 Å². The minimum atomic E-state index is 0.416. The van der Waals surface area contributed by atoms with E-state index < -0.39 is 0 Å². The molecule has 6 aromatic rings. The summed E-state index contributed by atoms with van der Waals surface area (Å²) in [5.74, 6) is 0.832. The molecule has 3 nitrogen and oxygen atoms in total. The second kappa shape index (κ2) is 7.41. The summed E-state index contributed by atoms with van der Waals surface area (Å²) in [6, 6.07) is 23.8. The van der Waals surface area contributed by atoms with Crippen LogP contribution in [0.25, 0.3) is 49.5 Å². The molecule has 0 aliphatic carbocycles. The van der Waals surface area contributed by atoms with Gasteiger partial charge < -0.3 is 0 Å². The smallest absolute Gasteiger partial charge is 0.147 e. The number of nitrogens with zero attached hydrogens (tertiary/aromatic N) is 3. The van der Waals surface area contributed by atoms with Crippen LogP contribution in [0, 0.1) is 0 Å². The summed E-state index contributed by atoms with van der Waals surface area (Å²) in [5, 5.41) is 5.91. The first-order chi connectivity index (χ1) is 16.0. The normalized spacial score (nSPS) is 12.2. The lowest BCUT2D eigenvalue weighted by atomic mass is 9.87. The summed E-state index contributed by atoms with van der Waals surface area (Å²) in [5.41, 5.74) is 6.89. The van der Waals surface area contributed by atoms with Crippen LogP contribution in [0.2, 0.25) is 0 Å². The van der Waals surface area contributed by atoms with Crippen molar-refractivity contribution >= 4 is 38.2 Å². The molecule has 33 heavy (non-hydrogen) atoms. The maximum Gasteiger partial charge on any atom is 0.147 e. The first kappa shape index (κ1) is 19.9. The molecule has 0 atom stereocenters. The molecule has 162 valence electrons. The third kappa shape index (κ3) is 2.96. The highest BCUT2D eigenvalue weighted by molar-refractivity contribution is 6.20. The monoisotopic (exact) mass is 429 g/mol. The number of fused-ring (bicyclic) bond motifs is 8. The molecule has 0 saturated carbocycles. The first-order valence-corrected chi connectivity index (χ1v) is 11.7. The van der Waals surface area contributed by atoms with E-state index in [1.165, 1.54) is 32.8 Å². The van der Waals surface area contributed by atoms with E-state index in [-0.39, 0.29) is 0 Å². The molecular weight excluding hydrogens is 402 g/mol. The van der Waals surface area contributed by atoms with Crippen LogP contribution in [0.1, 0.15) is 50.7 Å². The molecule has 0 saturated heterocycles. The van der Waals surface area contributed by atoms with Crippen molar-refractivity contribution in [2.75, 3.05) is 0 Å². The van der Waals surface area contributed by atoms with Crippen molar-refractivity contribution in [3.8, 4) is 11.3 Å². The van der Waals surface area contributed by atoms with Crippen molar-refractivity contribution in [3.05, 3.63) is 90.3 Å². The van der Waals surface area contributed by atoms with E-state index in [9.17, 15) is 0 Å². The molecule has 0 N–H and O–H groups in total. The van der Waals surface area contributed by atoms with Crippen LogP contribution >= 0.6 is 0 Å². The molecule has 3 heteroatoms. The SMILES string of the molecule is CC(C)c1cccc(C(C)C)c1-c1cn2c(n1)c1ccccc1c1c3ccccc3cnc12. The lowest BCUT2D eigenvalue weighted by Crippen LogP contribution is -1.99. The van der Waals surface area contributed by atoms with Gasteiger partial charge >= 0.3 is 0 Å². The molecule has 3 aromatic carbocycles. The lowest BCUT2D eigenvalue weighted by molar-refractivity contribution is 0.837. The summed E-state index contributed by atoms with van der Waals surface area (Å²) in [4.78, 5) is 10.2. The Morgan fingerprint density at radius 1 is 0.667 bits per heavy atom. The van der Waals surface area contributed by atoms with Crippen LogP contribution in [-0.4, -0.2) is 14.4 Å². The fourth-order valence-electron chi connectivity index (χ4n) is 5.20. The van der Waals surface area contributed by atoms with Crippen LogP contribution in [0.4, 0.5) is 0 Å². The fourth-order valence-corrected chi connectivity index (χ4v) is 5.20. The van der Waals surface area contributed by atoms with Gasteiger partial charge in [0.25, 0.3) is 0 Å². The third-order valence-corrected chi connectivity index (χ3v) is 6.78. The summed E-state index contributed by atoms with van der Waals surface area (Å²) in [6.45, 7) is 9.04. The minimum absolute atomic E-state index is 0.416. The van der Waals surface area contributed by atoms with Gasteiger partial charge in [0.15, 0.2) is 0 Å². The van der Waals surface area contributed by atoms with E-state index in [1.807, 2.05) is 6.20 Å². The first-order valence-electron chi connectivity index (χ1n) is 11.7. The largest absolute Gasteiger partial charge is 0.283 e. The maximum absolute atomic E-state index is 5.25. The summed E-state index contributed by atoms with van der Waals surface area (Å²) in [7, 11) is 0. The molecule has 0 spiro atoms. The van der Waals surface area contributed by atoms with Gasteiger partial charge in [0, 0.05) is 34.1 Å². The van der Waals surface area contributed by atoms with Crippen LogP contribution in [-0.2, 0) is 0 Å². The standard InChI is InChI=1S/C30H27N3/c1-18(2)21-14-9-15-22(19(3)4)27(21)26-17-33-29(32-26)25-13-8-7-12-24(25)28-23-11-6-5-10-20(23)16-31-30(28)33/h5-19H,1-4H3. The van der Waals surface area contributed by atoms with Crippen LogP contribution in [0.5, 0.6) is 0 Å². The van der Waals surface area contributed by atoms with Gasteiger partial charge in [-0.1, -0.05) is 94.4 Å². The van der Waals surface area contributed by atoms with Gasteiger partial charge in [-0.2, -0.15) is 0 Å². The van der Waals surface area contributed by atoms with Crippen molar-refractivity contribution in [1.82, 2.24) is 14.4 Å². The van der Waals surface area contributed by atoms with E-state index in [0.717, 1.165) is 27.8 Å². The Balaban J connectivity index is 1.79. The average Bonchev–Trinajstić information content (AvgIpc) is 3.28. The summed E-state index contributed by atoms with van der Waals surface area (Å²) < 4.78 is 2.20. The fraction of sp³-hybridized carbons (Fsp3) is 0.200. The van der Waals surface area contributed by atoms with E-state index in [1.54, 1.807) is 0 Å². The van der Waals surface area contributed by atoms with E-state index in [2.05, 4.69) is 105 Å². The van der Waals surface area contributed by atoms with E-state index >= 15 is 0 Å². The van der Waals surface area contributed by atoms with Crippen LogP contribution in [0.15, 0.2) is 79.1 Å². The molecule has 3 heterocycles. The molecular formula is C30H27N3. The molecule has 0 fully saturated rings. The van der Waals surface area contributed by atoms with Crippen molar-refractivity contribution in [2.45, 2.75) is 39.5 Å². The number of pyridine rings is 2. The van der Waals surface area contributed by atoms with Crippen molar-refractivity contribution in [2.24, 2.45) is 0 Å². The molecule has 6 rings (SSSR count). The average molecular weight is 430 g/mol. The molecule has 0 aliphatic rings. The number of hydrogen-bond acceptors (Lipinski definition) is 2. The zero-order chi connectivity index (χ0) is 22.7. The van der Waals surface area contributed by atoms with E-state index in [0.29, 0.717) is 11.8 Å². The van der Waals surface area contributed by atoms with Gasteiger partial charge in [0.1, 0.15) is 11.3 Å². The second-order valence-corrected chi connectivity index (χ2v) is 9.53. The lowest BCUT2D eigenvalue weighted by Gasteiger charge is -2.18. The maximum atomic E-state index is 5.25. The quantitative estimate of drug-likeness (QED) is 0.266. The van der Waals surface area contributed by atoms with Crippen molar-refractivity contribution in [1.29, 1.82) is 0 Å². The Morgan fingerprint density at radius 2 is 1.30 bits per heavy atom.